The van der Waals surface area contributed by atoms with Crippen molar-refractivity contribution >= 4 is 5.82 Å². The van der Waals surface area contributed by atoms with E-state index in [4.69, 9.17) is 5.73 Å². The van der Waals surface area contributed by atoms with Crippen molar-refractivity contribution in [1.29, 1.82) is 0 Å². The zero-order chi connectivity index (χ0) is 10.2. The molecule has 76 valence electrons. The van der Waals surface area contributed by atoms with Gasteiger partial charge in [-0.15, -0.1) is 5.10 Å². The number of hydrogen-bond acceptors (Lipinski definition) is 4. The van der Waals surface area contributed by atoms with E-state index in [9.17, 15) is 0 Å². The maximum absolute atomic E-state index is 5.45. The summed E-state index contributed by atoms with van der Waals surface area (Å²) in [6.07, 6.45) is 0. The maximum Gasteiger partial charge on any atom is 0.151 e. The standard InChI is InChI=1S/C10H16N4/c1-10(2)6-14(7-10)9-4-3-8(5-11)12-13-9/h3-4H,5-7,11H2,1-2H3. The van der Waals surface area contributed by atoms with E-state index >= 15 is 0 Å². The average molecular weight is 192 g/mol. The van der Waals surface area contributed by atoms with Crippen LogP contribution < -0.4 is 10.6 Å². The van der Waals surface area contributed by atoms with Gasteiger partial charge in [-0.25, -0.2) is 0 Å². The summed E-state index contributed by atoms with van der Waals surface area (Å²) in [4.78, 5) is 2.23. The number of nitrogens with two attached hydrogens (primary N) is 1. The second-order valence-corrected chi connectivity index (χ2v) is 4.61. The summed E-state index contributed by atoms with van der Waals surface area (Å²) in [5.41, 5.74) is 6.72. The van der Waals surface area contributed by atoms with Crippen molar-refractivity contribution < 1.29 is 0 Å². The molecule has 0 spiro atoms. The van der Waals surface area contributed by atoms with Gasteiger partial charge < -0.3 is 10.6 Å². The van der Waals surface area contributed by atoms with E-state index in [0.29, 0.717) is 12.0 Å². The third kappa shape index (κ3) is 1.70. The summed E-state index contributed by atoms with van der Waals surface area (Å²) in [5.74, 6) is 0.960. The Labute approximate surface area is 84.1 Å². The minimum absolute atomic E-state index is 0.425. The van der Waals surface area contributed by atoms with Crippen LogP contribution >= 0.6 is 0 Å². The van der Waals surface area contributed by atoms with Crippen molar-refractivity contribution in [2.24, 2.45) is 11.1 Å². The van der Waals surface area contributed by atoms with Crippen LogP contribution in [0.1, 0.15) is 19.5 Å². The van der Waals surface area contributed by atoms with Crippen LogP contribution in [-0.4, -0.2) is 23.3 Å². The molecule has 0 aromatic carbocycles. The van der Waals surface area contributed by atoms with Crippen molar-refractivity contribution in [2.45, 2.75) is 20.4 Å². The summed E-state index contributed by atoms with van der Waals surface area (Å²) in [7, 11) is 0. The molecule has 2 rings (SSSR count). The molecule has 1 aromatic rings. The fourth-order valence-electron chi connectivity index (χ4n) is 1.78. The lowest BCUT2D eigenvalue weighted by molar-refractivity contribution is 0.274. The van der Waals surface area contributed by atoms with Crippen molar-refractivity contribution in [3.63, 3.8) is 0 Å². The smallest absolute Gasteiger partial charge is 0.151 e. The Morgan fingerprint density at radius 1 is 1.36 bits per heavy atom. The van der Waals surface area contributed by atoms with Gasteiger partial charge in [-0.1, -0.05) is 13.8 Å². The second kappa shape index (κ2) is 3.20. The van der Waals surface area contributed by atoms with Crippen LogP contribution in [0.5, 0.6) is 0 Å². The van der Waals surface area contributed by atoms with Gasteiger partial charge in [0.2, 0.25) is 0 Å². The topological polar surface area (TPSA) is 55.0 Å². The highest BCUT2D eigenvalue weighted by Gasteiger charge is 2.34. The second-order valence-electron chi connectivity index (χ2n) is 4.61. The predicted molar refractivity (Wildman–Crippen MR) is 55.9 cm³/mol. The van der Waals surface area contributed by atoms with Crippen LogP contribution in [-0.2, 0) is 6.54 Å². The minimum atomic E-state index is 0.425. The number of hydrogen-bond donors (Lipinski definition) is 1. The maximum atomic E-state index is 5.45. The molecular weight excluding hydrogens is 176 g/mol. The van der Waals surface area contributed by atoms with Crippen molar-refractivity contribution in [2.75, 3.05) is 18.0 Å². The van der Waals surface area contributed by atoms with Crippen LogP contribution in [0, 0.1) is 5.41 Å². The van der Waals surface area contributed by atoms with E-state index in [1.165, 1.54) is 0 Å². The first-order chi connectivity index (χ1) is 6.61. The predicted octanol–water partition coefficient (Wildman–Crippen LogP) is 0.781. The van der Waals surface area contributed by atoms with Gasteiger partial charge in [0.15, 0.2) is 5.82 Å². The highest BCUT2D eigenvalue weighted by Crippen LogP contribution is 2.31. The number of nitrogens with zero attached hydrogens (tertiary/aromatic N) is 3. The van der Waals surface area contributed by atoms with Crippen LogP contribution in [0.25, 0.3) is 0 Å². The fourth-order valence-corrected chi connectivity index (χ4v) is 1.78. The van der Waals surface area contributed by atoms with Gasteiger partial charge >= 0.3 is 0 Å². The zero-order valence-corrected chi connectivity index (χ0v) is 8.70. The molecular formula is C10H16N4. The number of rotatable bonds is 2. The Morgan fingerprint density at radius 2 is 2.07 bits per heavy atom. The van der Waals surface area contributed by atoms with Gasteiger partial charge in [-0.3, -0.25) is 0 Å². The summed E-state index contributed by atoms with van der Waals surface area (Å²) in [5, 5.41) is 8.16. The highest BCUT2D eigenvalue weighted by molar-refractivity contribution is 5.41. The van der Waals surface area contributed by atoms with Gasteiger partial charge in [0, 0.05) is 19.6 Å². The van der Waals surface area contributed by atoms with Gasteiger partial charge in [-0.05, 0) is 17.5 Å². The van der Waals surface area contributed by atoms with E-state index in [1.807, 2.05) is 12.1 Å². The molecule has 0 atom stereocenters. The molecule has 2 N–H and O–H groups in total. The van der Waals surface area contributed by atoms with E-state index in [-0.39, 0.29) is 0 Å². The van der Waals surface area contributed by atoms with Crippen molar-refractivity contribution in [3.05, 3.63) is 17.8 Å². The lowest BCUT2D eigenvalue weighted by atomic mass is 9.84. The molecule has 0 bridgehead atoms. The Balaban J connectivity index is 2.05. The SMILES string of the molecule is CC1(C)CN(c2ccc(CN)nn2)C1. The minimum Gasteiger partial charge on any atom is -0.354 e. The highest BCUT2D eigenvalue weighted by atomic mass is 15.3. The molecule has 0 saturated carbocycles. The third-order valence-electron chi connectivity index (χ3n) is 2.48. The van der Waals surface area contributed by atoms with Crippen molar-refractivity contribution in [3.8, 4) is 0 Å². The molecule has 1 aliphatic rings. The van der Waals surface area contributed by atoms with Gasteiger partial charge in [-0.2, -0.15) is 5.10 Å². The van der Waals surface area contributed by atoms with Gasteiger partial charge in [0.05, 0.1) is 5.69 Å². The van der Waals surface area contributed by atoms with Crippen molar-refractivity contribution in [1.82, 2.24) is 10.2 Å². The third-order valence-corrected chi connectivity index (χ3v) is 2.48. The molecule has 0 aliphatic carbocycles. The lowest BCUT2D eigenvalue weighted by Crippen LogP contribution is -2.53. The van der Waals surface area contributed by atoms with Gasteiger partial charge in [0.1, 0.15) is 0 Å². The summed E-state index contributed by atoms with van der Waals surface area (Å²) >= 11 is 0. The Morgan fingerprint density at radius 3 is 2.50 bits per heavy atom. The first-order valence-corrected chi connectivity index (χ1v) is 4.88. The molecule has 4 heteroatoms. The molecule has 1 aromatic heterocycles. The van der Waals surface area contributed by atoms with E-state index < -0.39 is 0 Å². The normalized spacial score (nSPS) is 19.2. The molecule has 1 aliphatic heterocycles. The Kier molecular flexibility index (Phi) is 2.15. The number of aromatic nitrogens is 2. The zero-order valence-electron chi connectivity index (χ0n) is 8.70. The molecule has 4 nitrogen and oxygen atoms in total. The summed E-state index contributed by atoms with van der Waals surface area (Å²) in [6.45, 7) is 7.09. The quantitative estimate of drug-likeness (QED) is 0.752. The molecule has 0 radical (unpaired) electrons. The summed E-state index contributed by atoms with van der Waals surface area (Å²) in [6, 6.07) is 3.93. The van der Waals surface area contributed by atoms with Crippen LogP contribution in [0.2, 0.25) is 0 Å². The van der Waals surface area contributed by atoms with E-state index in [0.717, 1.165) is 24.6 Å². The monoisotopic (exact) mass is 192 g/mol. The fraction of sp³-hybridized carbons (Fsp3) is 0.600. The molecule has 1 saturated heterocycles. The molecule has 0 unspecified atom stereocenters. The Hall–Kier alpha value is -1.16. The van der Waals surface area contributed by atoms with E-state index in [1.54, 1.807) is 0 Å². The van der Waals surface area contributed by atoms with Crippen LogP contribution in [0.15, 0.2) is 12.1 Å². The largest absolute Gasteiger partial charge is 0.354 e. The molecule has 2 heterocycles. The molecule has 1 fully saturated rings. The first kappa shape index (κ1) is 9.40. The first-order valence-electron chi connectivity index (χ1n) is 4.88. The van der Waals surface area contributed by atoms with Crippen LogP contribution in [0.4, 0.5) is 5.82 Å². The van der Waals surface area contributed by atoms with Crippen LogP contribution in [0.3, 0.4) is 0 Å². The number of anilines is 1. The molecule has 0 amide bonds. The Bertz CT molecular complexity index is 309. The average Bonchev–Trinajstić information content (AvgIpc) is 2.14. The van der Waals surface area contributed by atoms with E-state index in [2.05, 4.69) is 28.9 Å². The van der Waals surface area contributed by atoms with Gasteiger partial charge in [0.25, 0.3) is 0 Å². The molecule has 14 heavy (non-hydrogen) atoms. The lowest BCUT2D eigenvalue weighted by Gasteiger charge is -2.46. The summed E-state index contributed by atoms with van der Waals surface area (Å²) < 4.78 is 0.